The molecule has 5 aromatic heterocycles. The first-order valence-electron chi connectivity index (χ1n) is 11.8. The Morgan fingerprint density at radius 2 is 0.974 bits per heavy atom. The third-order valence-corrected chi connectivity index (χ3v) is 6.12. The van der Waals surface area contributed by atoms with Crippen LogP contribution in [0, 0.1) is 34.6 Å². The molecule has 13 heteroatoms. The zero-order chi connectivity index (χ0) is 26.7. The number of nitrogens with one attached hydrogen (secondary N) is 1. The third kappa shape index (κ3) is 3.92. The topological polar surface area (TPSA) is 176 Å². The van der Waals surface area contributed by atoms with Crippen LogP contribution >= 0.6 is 0 Å². The molecule has 0 atom stereocenters. The normalized spacial score (nSPS) is 13.9. The molecule has 0 aromatic carbocycles. The molecule has 0 radical (unpaired) electrons. The highest BCUT2D eigenvalue weighted by molar-refractivity contribution is 5.95. The second kappa shape index (κ2) is 8.64. The van der Waals surface area contributed by atoms with E-state index in [0.717, 1.165) is 0 Å². The van der Waals surface area contributed by atoms with Gasteiger partial charge in [0.25, 0.3) is 5.91 Å². The standard InChI is InChI=1S/C25H22N6O7/c1-9-17-14(32)6-7-15-27-19(11(3)34-15)23-30-18(10(2)37-23)22(33)26-8-16-28-20(12(4)35-16)24-31-21(13(5)38-24)25(29-17)36-9/h6-8H2,1-5H3,(H,26,33). The highest BCUT2D eigenvalue weighted by Gasteiger charge is 2.27. The number of ketones is 1. The summed E-state index contributed by atoms with van der Waals surface area (Å²) in [6, 6.07) is 0. The zero-order valence-corrected chi connectivity index (χ0v) is 21.2. The van der Waals surface area contributed by atoms with Crippen molar-refractivity contribution in [3.63, 3.8) is 0 Å². The number of carbonyl (C=O) groups is 2. The van der Waals surface area contributed by atoms with E-state index in [1.54, 1.807) is 34.6 Å². The maximum atomic E-state index is 13.0. The van der Waals surface area contributed by atoms with E-state index in [2.05, 4.69) is 30.2 Å². The Balaban J connectivity index is 1.43. The van der Waals surface area contributed by atoms with Gasteiger partial charge in [0, 0.05) is 12.8 Å². The van der Waals surface area contributed by atoms with Gasteiger partial charge in [-0.15, -0.1) is 0 Å². The van der Waals surface area contributed by atoms with Crippen LogP contribution in [0.4, 0.5) is 0 Å². The summed E-state index contributed by atoms with van der Waals surface area (Å²) in [6.45, 7) is 8.40. The molecule has 38 heavy (non-hydrogen) atoms. The molecule has 0 saturated heterocycles. The van der Waals surface area contributed by atoms with E-state index in [4.69, 9.17) is 22.1 Å². The number of hydrogen-bond acceptors (Lipinski definition) is 12. The molecule has 6 rings (SSSR count). The van der Waals surface area contributed by atoms with Crippen molar-refractivity contribution in [3.05, 3.63) is 52.0 Å². The predicted molar refractivity (Wildman–Crippen MR) is 127 cm³/mol. The average molecular weight is 518 g/mol. The number of amides is 1. The molecule has 0 spiro atoms. The first kappa shape index (κ1) is 23.6. The van der Waals surface area contributed by atoms with E-state index >= 15 is 0 Å². The van der Waals surface area contributed by atoms with Gasteiger partial charge in [-0.05, 0) is 34.6 Å². The summed E-state index contributed by atoms with van der Waals surface area (Å²) in [5.74, 6) is 2.32. The molecule has 0 fully saturated rings. The van der Waals surface area contributed by atoms with Gasteiger partial charge in [-0.1, -0.05) is 0 Å². The molecule has 1 amide bonds. The first-order valence-corrected chi connectivity index (χ1v) is 11.8. The smallest absolute Gasteiger partial charge is 0.273 e. The van der Waals surface area contributed by atoms with E-state index in [-0.39, 0.29) is 60.1 Å². The first-order chi connectivity index (χ1) is 18.2. The van der Waals surface area contributed by atoms with E-state index in [0.29, 0.717) is 51.8 Å². The number of aromatic nitrogens is 5. The second-order valence-corrected chi connectivity index (χ2v) is 8.90. The maximum Gasteiger partial charge on any atom is 0.273 e. The van der Waals surface area contributed by atoms with E-state index < -0.39 is 5.91 Å². The molecular weight excluding hydrogens is 496 g/mol. The molecule has 13 nitrogen and oxygen atoms in total. The Hall–Kier alpha value is -4.81. The van der Waals surface area contributed by atoms with Crippen LogP contribution in [-0.2, 0) is 13.0 Å². The number of hydrogen-bond donors (Lipinski definition) is 1. The lowest BCUT2D eigenvalue weighted by Gasteiger charge is -1.99. The fraction of sp³-hybridized carbons (Fsp3) is 0.320. The summed E-state index contributed by atoms with van der Waals surface area (Å²) < 4.78 is 28.8. The van der Waals surface area contributed by atoms with Crippen molar-refractivity contribution in [3.8, 4) is 34.8 Å². The van der Waals surface area contributed by atoms with E-state index in [9.17, 15) is 9.59 Å². The molecule has 10 bridgehead atoms. The van der Waals surface area contributed by atoms with Crippen molar-refractivity contribution in [2.75, 3.05) is 0 Å². The minimum absolute atomic E-state index is 0.00854. The van der Waals surface area contributed by atoms with Gasteiger partial charge in [0.1, 0.15) is 34.5 Å². The van der Waals surface area contributed by atoms with Crippen LogP contribution in [-0.4, -0.2) is 36.6 Å². The number of carbonyl (C=O) groups excluding carboxylic acids is 2. The lowest BCUT2D eigenvalue weighted by Crippen LogP contribution is -2.24. The molecule has 0 saturated carbocycles. The molecule has 194 valence electrons. The van der Waals surface area contributed by atoms with Gasteiger partial charge in [-0.25, -0.2) is 24.9 Å². The van der Waals surface area contributed by atoms with Crippen LogP contribution in [0.25, 0.3) is 34.8 Å². The lowest BCUT2D eigenvalue weighted by atomic mass is 10.1. The number of fused-ring (bicyclic) bond motifs is 13. The number of oxazole rings is 5. The molecule has 1 N–H and O–H groups in total. The largest absolute Gasteiger partial charge is 0.445 e. The molecule has 0 unspecified atom stereocenters. The van der Waals surface area contributed by atoms with Gasteiger partial charge in [-0.2, -0.15) is 0 Å². The Kier molecular flexibility index (Phi) is 5.36. The van der Waals surface area contributed by atoms with Crippen LogP contribution in [0.2, 0.25) is 0 Å². The lowest BCUT2D eigenvalue weighted by molar-refractivity contribution is 0.0939. The van der Waals surface area contributed by atoms with Gasteiger partial charge in [0.15, 0.2) is 34.4 Å². The van der Waals surface area contributed by atoms with E-state index in [1.165, 1.54) is 0 Å². The van der Waals surface area contributed by atoms with E-state index in [1.807, 2.05) is 0 Å². The summed E-state index contributed by atoms with van der Waals surface area (Å²) in [4.78, 5) is 48.0. The molecule has 6 heterocycles. The Labute approximate surface area is 214 Å². The van der Waals surface area contributed by atoms with Crippen LogP contribution in [0.1, 0.15) is 68.0 Å². The fourth-order valence-electron chi connectivity index (χ4n) is 4.22. The van der Waals surface area contributed by atoms with Gasteiger partial charge < -0.3 is 27.4 Å². The highest BCUT2D eigenvalue weighted by Crippen LogP contribution is 2.31. The number of Topliss-reactive ketones (excluding diaryl/α,β-unsaturated/α-hetero) is 1. The van der Waals surface area contributed by atoms with Crippen molar-refractivity contribution in [1.29, 1.82) is 0 Å². The molecular formula is C25H22N6O7. The van der Waals surface area contributed by atoms with Crippen molar-refractivity contribution >= 4 is 11.7 Å². The quantitative estimate of drug-likeness (QED) is 0.309. The van der Waals surface area contributed by atoms with Crippen molar-refractivity contribution in [2.45, 2.75) is 54.0 Å². The SMILES string of the molecule is Cc1oc2nc1C(=O)CCc1nc(c(C)o1)-c1nc(c(C)o1)C(=O)NCc1nc(c(C)o1)-c1nc-2c(C)o1. The summed E-state index contributed by atoms with van der Waals surface area (Å²) in [5.41, 5.74) is 1.35. The summed E-state index contributed by atoms with van der Waals surface area (Å²) in [5, 5.41) is 2.73. The van der Waals surface area contributed by atoms with Gasteiger partial charge >= 0.3 is 0 Å². The van der Waals surface area contributed by atoms with Crippen LogP contribution < -0.4 is 5.32 Å². The second-order valence-electron chi connectivity index (χ2n) is 8.90. The van der Waals surface area contributed by atoms with Crippen LogP contribution in [0.3, 0.4) is 0 Å². The number of aryl methyl sites for hydroxylation is 6. The highest BCUT2D eigenvalue weighted by atomic mass is 16.4. The maximum absolute atomic E-state index is 13.0. The summed E-state index contributed by atoms with van der Waals surface area (Å²) >= 11 is 0. The number of rotatable bonds is 0. The van der Waals surface area contributed by atoms with Crippen molar-refractivity contribution in [1.82, 2.24) is 30.2 Å². The summed E-state index contributed by atoms with van der Waals surface area (Å²) in [6.07, 6.45) is 0.295. The third-order valence-electron chi connectivity index (χ3n) is 6.12. The fourth-order valence-corrected chi connectivity index (χ4v) is 4.22. The molecule has 0 aliphatic carbocycles. The molecule has 5 aromatic rings. The predicted octanol–water partition coefficient (Wildman–Crippen LogP) is 4.23. The molecule has 1 aliphatic heterocycles. The summed E-state index contributed by atoms with van der Waals surface area (Å²) in [7, 11) is 0. The number of nitrogens with zero attached hydrogens (tertiary/aromatic N) is 5. The molecule has 1 aliphatic rings. The minimum Gasteiger partial charge on any atom is -0.445 e. The zero-order valence-electron chi connectivity index (χ0n) is 21.2. The Morgan fingerprint density at radius 3 is 1.63 bits per heavy atom. The average Bonchev–Trinajstić information content (AvgIpc) is 3.67. The van der Waals surface area contributed by atoms with Gasteiger partial charge in [-0.3, -0.25) is 9.59 Å². The minimum atomic E-state index is -0.475. The monoisotopic (exact) mass is 518 g/mol. The van der Waals surface area contributed by atoms with Crippen molar-refractivity contribution in [2.24, 2.45) is 0 Å². The Morgan fingerprint density at radius 1 is 0.526 bits per heavy atom. The van der Waals surface area contributed by atoms with Crippen molar-refractivity contribution < 1.29 is 31.7 Å². The van der Waals surface area contributed by atoms with Crippen LogP contribution in [0.15, 0.2) is 22.1 Å². The van der Waals surface area contributed by atoms with Gasteiger partial charge in [0.2, 0.25) is 23.6 Å². The Bertz CT molecular complexity index is 1730. The van der Waals surface area contributed by atoms with Gasteiger partial charge in [0.05, 0.1) is 6.54 Å². The van der Waals surface area contributed by atoms with Crippen LogP contribution in [0.5, 0.6) is 0 Å².